The maximum atomic E-state index is 15.0. The lowest BCUT2D eigenvalue weighted by Gasteiger charge is -2.38. The molecule has 1 aromatic carbocycles. The summed E-state index contributed by atoms with van der Waals surface area (Å²) in [5.41, 5.74) is 0.617. The van der Waals surface area contributed by atoms with E-state index in [2.05, 4.69) is 34.4 Å². The Kier molecular flexibility index (Phi) is 10.9. The first-order valence-electron chi connectivity index (χ1n) is 13.8. The van der Waals surface area contributed by atoms with Crippen LogP contribution in [0, 0.1) is 0 Å². The molecule has 2 atom stereocenters. The van der Waals surface area contributed by atoms with E-state index in [4.69, 9.17) is 4.99 Å². The molecule has 0 bridgehead atoms. The molecule has 6 nitrogen and oxygen atoms in total. The number of hydrogen-bond acceptors (Lipinski definition) is 4. The lowest BCUT2D eigenvalue weighted by atomic mass is 9.93. The van der Waals surface area contributed by atoms with Gasteiger partial charge in [-0.3, -0.25) is 9.69 Å². The van der Waals surface area contributed by atoms with Crippen LogP contribution in [0.25, 0.3) is 0 Å². The Bertz CT molecular complexity index is 1040. The molecule has 0 radical (unpaired) electrons. The average Bonchev–Trinajstić information content (AvgIpc) is 3.46. The average molecular weight is 524 g/mol. The summed E-state index contributed by atoms with van der Waals surface area (Å²) in [7, 11) is 0. The SMILES string of the molecule is C=CC(F)(CC)c1ccc(NC(/C=C\C)C(=N/C=C\C)N2CCN(C(=O)C(=C)CN3CCCC3)CC2)cc1.[HH]. The number of rotatable bonds is 11. The highest BCUT2D eigenvalue weighted by atomic mass is 19.1. The maximum Gasteiger partial charge on any atom is 0.250 e. The monoisotopic (exact) mass is 523 g/mol. The van der Waals surface area contributed by atoms with Crippen molar-refractivity contribution >= 4 is 17.4 Å². The molecule has 1 aromatic rings. The minimum Gasteiger partial charge on any atom is -0.372 e. The molecule has 2 unspecified atom stereocenters. The first-order chi connectivity index (χ1) is 18.3. The second-order valence-electron chi connectivity index (χ2n) is 9.98. The van der Waals surface area contributed by atoms with E-state index in [1.165, 1.54) is 18.9 Å². The molecule has 1 amide bonds. The van der Waals surface area contributed by atoms with Gasteiger partial charge in [0.25, 0.3) is 5.91 Å². The van der Waals surface area contributed by atoms with Crippen LogP contribution in [-0.4, -0.2) is 78.3 Å². The first-order valence-corrected chi connectivity index (χ1v) is 13.8. The van der Waals surface area contributed by atoms with Gasteiger partial charge in [0, 0.05) is 51.6 Å². The van der Waals surface area contributed by atoms with Gasteiger partial charge in [-0.25, -0.2) is 9.38 Å². The van der Waals surface area contributed by atoms with Crippen molar-refractivity contribution in [2.75, 3.05) is 51.1 Å². The fourth-order valence-corrected chi connectivity index (χ4v) is 5.03. The number of piperazine rings is 1. The van der Waals surface area contributed by atoms with Gasteiger partial charge in [0.2, 0.25) is 0 Å². The number of allylic oxidation sites excluding steroid dienone is 3. The summed E-state index contributed by atoms with van der Waals surface area (Å²) in [6, 6.07) is 7.23. The number of likely N-dealkylation sites (tertiary alicyclic amines) is 1. The molecule has 7 heteroatoms. The largest absolute Gasteiger partial charge is 0.372 e. The summed E-state index contributed by atoms with van der Waals surface area (Å²) in [5.74, 6) is 0.940. The second kappa shape index (κ2) is 14.1. The van der Waals surface area contributed by atoms with E-state index in [1.807, 2.05) is 62.1 Å². The van der Waals surface area contributed by atoms with Gasteiger partial charge in [0.15, 0.2) is 5.67 Å². The fraction of sp³-hybridized carbons (Fsp3) is 0.484. The minimum absolute atomic E-state index is 0. The number of amidine groups is 1. The van der Waals surface area contributed by atoms with Crippen molar-refractivity contribution in [3.05, 3.63) is 79.1 Å². The first kappa shape index (κ1) is 29.4. The number of carbonyl (C=O) groups is 1. The minimum atomic E-state index is -1.53. The van der Waals surface area contributed by atoms with Crippen LogP contribution in [0.4, 0.5) is 10.1 Å². The molecule has 2 aliphatic heterocycles. The van der Waals surface area contributed by atoms with Gasteiger partial charge in [-0.2, -0.15) is 0 Å². The van der Waals surface area contributed by atoms with Gasteiger partial charge in [-0.1, -0.05) is 56.5 Å². The highest BCUT2D eigenvalue weighted by Crippen LogP contribution is 2.31. The van der Waals surface area contributed by atoms with E-state index < -0.39 is 5.67 Å². The molecule has 0 saturated carbocycles. The topological polar surface area (TPSA) is 51.2 Å². The Morgan fingerprint density at radius 1 is 1.11 bits per heavy atom. The lowest BCUT2D eigenvalue weighted by Crippen LogP contribution is -2.54. The number of halogens is 1. The summed E-state index contributed by atoms with van der Waals surface area (Å²) in [6.45, 7) is 18.9. The van der Waals surface area contributed by atoms with Gasteiger partial charge >= 0.3 is 0 Å². The van der Waals surface area contributed by atoms with E-state index in [9.17, 15) is 4.79 Å². The third-order valence-electron chi connectivity index (χ3n) is 7.35. The molecule has 2 fully saturated rings. The summed E-state index contributed by atoms with van der Waals surface area (Å²) in [6.07, 6.45) is 11.9. The molecule has 208 valence electrons. The summed E-state index contributed by atoms with van der Waals surface area (Å²) < 4.78 is 15.0. The van der Waals surface area contributed by atoms with Crippen LogP contribution < -0.4 is 5.32 Å². The highest BCUT2D eigenvalue weighted by molar-refractivity contribution is 5.94. The number of benzene rings is 1. The van der Waals surface area contributed by atoms with Crippen LogP contribution in [-0.2, 0) is 10.5 Å². The number of amides is 1. The Labute approximate surface area is 229 Å². The second-order valence-corrected chi connectivity index (χ2v) is 9.98. The van der Waals surface area contributed by atoms with E-state index in [1.54, 1.807) is 6.20 Å². The van der Waals surface area contributed by atoms with Crippen molar-refractivity contribution in [1.82, 2.24) is 14.7 Å². The zero-order chi connectivity index (χ0) is 27.5. The predicted octanol–water partition coefficient (Wildman–Crippen LogP) is 5.78. The van der Waals surface area contributed by atoms with Crippen LogP contribution in [0.15, 0.2) is 78.5 Å². The lowest BCUT2D eigenvalue weighted by molar-refractivity contribution is -0.128. The maximum absolute atomic E-state index is 15.0. The summed E-state index contributed by atoms with van der Waals surface area (Å²) in [4.78, 5) is 24.3. The molecule has 3 rings (SSSR count). The smallest absolute Gasteiger partial charge is 0.250 e. The summed E-state index contributed by atoms with van der Waals surface area (Å²) >= 11 is 0. The predicted molar refractivity (Wildman–Crippen MR) is 159 cm³/mol. The van der Waals surface area contributed by atoms with Crippen molar-refractivity contribution < 1.29 is 10.6 Å². The Balaban J connectivity index is 0.00000533. The molecule has 2 heterocycles. The molecule has 2 aliphatic rings. The standard InChI is InChI=1S/C31H44FN5O.H2/c1-6-12-28(34-27-15-13-26(14-16-27)31(32,8-3)9-4)29(33-17-7-2)36-20-22-37(23-21-36)30(38)25(5)24-35-18-10-11-19-35;/h6-8,12-17,28,34H,3,5,9-11,18-24H2,1-2,4H3;1H/b12-6-,17-7-,33-29?;. The van der Waals surface area contributed by atoms with Crippen molar-refractivity contribution in [2.24, 2.45) is 4.99 Å². The number of aliphatic imine (C=N–C) groups is 1. The Morgan fingerprint density at radius 2 is 1.74 bits per heavy atom. The number of anilines is 1. The van der Waals surface area contributed by atoms with Gasteiger partial charge in [0.1, 0.15) is 11.9 Å². The highest BCUT2D eigenvalue weighted by Gasteiger charge is 2.29. The molecule has 2 saturated heterocycles. The molecule has 0 aromatic heterocycles. The van der Waals surface area contributed by atoms with E-state index in [0.29, 0.717) is 50.3 Å². The molecule has 0 aliphatic carbocycles. The van der Waals surface area contributed by atoms with Crippen molar-refractivity contribution in [3.8, 4) is 0 Å². The van der Waals surface area contributed by atoms with E-state index in [0.717, 1.165) is 24.6 Å². The van der Waals surface area contributed by atoms with Crippen LogP contribution in [0.5, 0.6) is 0 Å². The molecular formula is C31H46FN5O. The van der Waals surface area contributed by atoms with Gasteiger partial charge < -0.3 is 15.1 Å². The fourth-order valence-electron chi connectivity index (χ4n) is 5.03. The van der Waals surface area contributed by atoms with Crippen molar-refractivity contribution in [3.63, 3.8) is 0 Å². The molecule has 0 spiro atoms. The van der Waals surface area contributed by atoms with Crippen LogP contribution >= 0.6 is 0 Å². The number of alkyl halides is 1. The number of nitrogens with one attached hydrogen (secondary N) is 1. The zero-order valence-corrected chi connectivity index (χ0v) is 23.3. The Hall–Kier alpha value is -3.19. The zero-order valence-electron chi connectivity index (χ0n) is 23.3. The summed E-state index contributed by atoms with van der Waals surface area (Å²) in [5, 5.41) is 3.55. The van der Waals surface area contributed by atoms with Crippen LogP contribution in [0.1, 0.15) is 47.0 Å². The molecule has 1 N–H and O–H groups in total. The van der Waals surface area contributed by atoms with Crippen molar-refractivity contribution in [1.29, 1.82) is 0 Å². The normalized spacial score (nSPS) is 19.6. The quantitative estimate of drug-likeness (QED) is 0.173. The number of nitrogens with zero attached hydrogens (tertiary/aromatic N) is 4. The number of hydrogen-bond donors (Lipinski definition) is 1. The van der Waals surface area contributed by atoms with Crippen molar-refractivity contribution in [2.45, 2.75) is 51.7 Å². The Morgan fingerprint density at radius 3 is 2.29 bits per heavy atom. The van der Waals surface area contributed by atoms with Gasteiger partial charge in [0.05, 0.1) is 0 Å². The van der Waals surface area contributed by atoms with Gasteiger partial charge in [-0.05, 0) is 63.9 Å². The van der Waals surface area contributed by atoms with Gasteiger partial charge in [-0.15, -0.1) is 0 Å². The van der Waals surface area contributed by atoms with E-state index in [-0.39, 0.29) is 13.4 Å². The number of carbonyl (C=O) groups excluding carboxylic acids is 1. The van der Waals surface area contributed by atoms with E-state index >= 15 is 4.39 Å². The molecule has 38 heavy (non-hydrogen) atoms. The third kappa shape index (κ3) is 7.44. The third-order valence-corrected chi connectivity index (χ3v) is 7.35. The van der Waals surface area contributed by atoms with Crippen LogP contribution in [0.2, 0.25) is 0 Å². The molecular weight excluding hydrogens is 477 g/mol. The van der Waals surface area contributed by atoms with Crippen LogP contribution in [0.3, 0.4) is 0 Å².